The molecule has 15 heavy (non-hydrogen) atoms. The Morgan fingerprint density at radius 3 is 2.40 bits per heavy atom. The largest absolute Gasteiger partial charge is 0.314 e. The van der Waals surface area contributed by atoms with Crippen molar-refractivity contribution >= 4 is 11.8 Å². The Labute approximate surface area is 101 Å². The fourth-order valence-corrected chi connectivity index (χ4v) is 2.48. The molecule has 0 aliphatic rings. The number of hydrogen-bond acceptors (Lipinski definition) is 2. The zero-order valence-electron chi connectivity index (χ0n) is 10.8. The normalized spacial score (nSPS) is 13.0. The minimum Gasteiger partial charge on any atom is -0.314 e. The summed E-state index contributed by atoms with van der Waals surface area (Å²) >= 11 is 2.07. The lowest BCUT2D eigenvalue weighted by atomic mass is 10.1. The van der Waals surface area contributed by atoms with Gasteiger partial charge in [-0.25, -0.2) is 0 Å². The summed E-state index contributed by atoms with van der Waals surface area (Å²) in [4.78, 5) is 0. The molecule has 1 unspecified atom stereocenters. The third-order valence-corrected chi connectivity index (χ3v) is 3.60. The van der Waals surface area contributed by atoms with Gasteiger partial charge in [-0.1, -0.05) is 33.6 Å². The van der Waals surface area contributed by atoms with E-state index >= 15 is 0 Å². The molecule has 0 aromatic rings. The van der Waals surface area contributed by atoms with E-state index in [0.29, 0.717) is 0 Å². The summed E-state index contributed by atoms with van der Waals surface area (Å²) in [6.45, 7) is 7.96. The Morgan fingerprint density at radius 1 is 1.00 bits per heavy atom. The van der Waals surface area contributed by atoms with Gasteiger partial charge in [0.1, 0.15) is 0 Å². The molecule has 0 heterocycles. The molecule has 1 N–H and O–H groups in total. The molecule has 0 aromatic carbocycles. The van der Waals surface area contributed by atoms with Gasteiger partial charge in [-0.3, -0.25) is 0 Å². The van der Waals surface area contributed by atoms with Gasteiger partial charge in [0.05, 0.1) is 0 Å². The Hall–Kier alpha value is 0.310. The first-order valence-electron chi connectivity index (χ1n) is 6.66. The van der Waals surface area contributed by atoms with Crippen molar-refractivity contribution in [2.24, 2.45) is 0 Å². The van der Waals surface area contributed by atoms with Crippen LogP contribution in [0.4, 0.5) is 0 Å². The lowest BCUT2D eigenvalue weighted by Crippen LogP contribution is -2.29. The topological polar surface area (TPSA) is 12.0 Å². The second kappa shape index (κ2) is 12.4. The van der Waals surface area contributed by atoms with E-state index in [4.69, 9.17) is 0 Å². The summed E-state index contributed by atoms with van der Waals surface area (Å²) in [5.74, 6) is 2.62. The summed E-state index contributed by atoms with van der Waals surface area (Å²) in [6, 6.07) is 0.779. The van der Waals surface area contributed by atoms with Gasteiger partial charge in [0, 0.05) is 6.04 Å². The van der Waals surface area contributed by atoms with E-state index < -0.39 is 0 Å². The number of hydrogen-bond donors (Lipinski definition) is 1. The third-order valence-electron chi connectivity index (χ3n) is 2.62. The molecule has 0 aromatic heterocycles. The zero-order chi connectivity index (χ0) is 11.4. The summed E-state index contributed by atoms with van der Waals surface area (Å²) in [6.07, 6.45) is 8.08. The quantitative estimate of drug-likeness (QED) is 0.538. The second-order valence-corrected chi connectivity index (χ2v) is 5.53. The van der Waals surface area contributed by atoms with E-state index in [1.165, 1.54) is 56.6 Å². The van der Waals surface area contributed by atoms with E-state index in [0.717, 1.165) is 6.04 Å². The molecule has 0 amide bonds. The van der Waals surface area contributed by atoms with Crippen LogP contribution >= 0.6 is 11.8 Å². The highest BCUT2D eigenvalue weighted by molar-refractivity contribution is 7.99. The lowest BCUT2D eigenvalue weighted by Gasteiger charge is -2.17. The molecule has 0 bridgehead atoms. The molecule has 0 rings (SSSR count). The molecule has 92 valence electrons. The highest BCUT2D eigenvalue weighted by Gasteiger charge is 2.05. The smallest absolute Gasteiger partial charge is 0.00669 e. The van der Waals surface area contributed by atoms with Crippen molar-refractivity contribution in [2.45, 2.75) is 65.3 Å². The zero-order valence-corrected chi connectivity index (χ0v) is 11.7. The van der Waals surface area contributed by atoms with E-state index in [2.05, 4.69) is 37.8 Å². The summed E-state index contributed by atoms with van der Waals surface area (Å²) < 4.78 is 0. The van der Waals surface area contributed by atoms with Gasteiger partial charge in [-0.2, -0.15) is 11.8 Å². The fraction of sp³-hybridized carbons (Fsp3) is 1.00. The van der Waals surface area contributed by atoms with Gasteiger partial charge in [0.25, 0.3) is 0 Å². The first-order chi connectivity index (χ1) is 7.35. The van der Waals surface area contributed by atoms with Crippen molar-refractivity contribution < 1.29 is 0 Å². The maximum Gasteiger partial charge on any atom is 0.00669 e. The number of nitrogens with one attached hydrogen (secondary N) is 1. The van der Waals surface area contributed by atoms with Gasteiger partial charge in [0.15, 0.2) is 0 Å². The van der Waals surface area contributed by atoms with E-state index in [1.807, 2.05) is 0 Å². The van der Waals surface area contributed by atoms with Crippen molar-refractivity contribution in [1.29, 1.82) is 0 Å². The molecule has 0 aliphatic carbocycles. The van der Waals surface area contributed by atoms with Crippen LogP contribution in [0.15, 0.2) is 0 Å². The van der Waals surface area contributed by atoms with E-state index in [9.17, 15) is 0 Å². The summed E-state index contributed by atoms with van der Waals surface area (Å²) in [5.41, 5.74) is 0. The SMILES string of the molecule is CCCNC(CCC)CCCCSCC. The third kappa shape index (κ3) is 10.6. The van der Waals surface area contributed by atoms with Gasteiger partial charge in [0.2, 0.25) is 0 Å². The molecule has 0 spiro atoms. The number of rotatable bonds is 11. The van der Waals surface area contributed by atoms with Gasteiger partial charge < -0.3 is 5.32 Å². The van der Waals surface area contributed by atoms with Crippen molar-refractivity contribution in [3.8, 4) is 0 Å². The van der Waals surface area contributed by atoms with Crippen LogP contribution in [0, 0.1) is 0 Å². The van der Waals surface area contributed by atoms with Crippen LogP contribution in [0.5, 0.6) is 0 Å². The van der Waals surface area contributed by atoms with Gasteiger partial charge in [-0.15, -0.1) is 0 Å². The summed E-state index contributed by atoms with van der Waals surface area (Å²) in [5, 5.41) is 3.65. The monoisotopic (exact) mass is 231 g/mol. The van der Waals surface area contributed by atoms with Gasteiger partial charge in [-0.05, 0) is 43.7 Å². The molecule has 1 atom stereocenters. The first-order valence-corrected chi connectivity index (χ1v) is 7.81. The van der Waals surface area contributed by atoms with Crippen molar-refractivity contribution in [2.75, 3.05) is 18.1 Å². The van der Waals surface area contributed by atoms with Crippen molar-refractivity contribution in [3.63, 3.8) is 0 Å². The first kappa shape index (κ1) is 15.3. The standard InChI is InChI=1S/C13H29NS/c1-4-9-13(14-11-5-2)10-7-8-12-15-6-3/h13-14H,4-12H2,1-3H3. The average molecular weight is 231 g/mol. The molecule has 0 saturated heterocycles. The van der Waals surface area contributed by atoms with Crippen LogP contribution < -0.4 is 5.32 Å². The molecule has 0 radical (unpaired) electrons. The predicted molar refractivity (Wildman–Crippen MR) is 73.8 cm³/mol. The molecule has 0 saturated carbocycles. The van der Waals surface area contributed by atoms with E-state index in [1.54, 1.807) is 0 Å². The van der Waals surface area contributed by atoms with Crippen LogP contribution in [0.3, 0.4) is 0 Å². The molecule has 0 aliphatic heterocycles. The fourth-order valence-electron chi connectivity index (χ4n) is 1.78. The minimum absolute atomic E-state index is 0.779. The molecule has 0 fully saturated rings. The van der Waals surface area contributed by atoms with Crippen molar-refractivity contribution in [3.05, 3.63) is 0 Å². The second-order valence-electron chi connectivity index (χ2n) is 4.13. The maximum atomic E-state index is 3.65. The Kier molecular flexibility index (Phi) is 12.6. The molecular weight excluding hydrogens is 202 g/mol. The summed E-state index contributed by atoms with van der Waals surface area (Å²) in [7, 11) is 0. The van der Waals surface area contributed by atoms with Gasteiger partial charge >= 0.3 is 0 Å². The number of thioether (sulfide) groups is 1. The lowest BCUT2D eigenvalue weighted by molar-refractivity contribution is 0.436. The maximum absolute atomic E-state index is 3.65. The minimum atomic E-state index is 0.779. The van der Waals surface area contributed by atoms with Crippen LogP contribution in [0.25, 0.3) is 0 Å². The van der Waals surface area contributed by atoms with Crippen LogP contribution in [0.2, 0.25) is 0 Å². The Balaban J connectivity index is 3.38. The van der Waals surface area contributed by atoms with Crippen molar-refractivity contribution in [1.82, 2.24) is 5.32 Å². The number of unbranched alkanes of at least 4 members (excludes halogenated alkanes) is 1. The average Bonchev–Trinajstić information content (AvgIpc) is 2.25. The predicted octanol–water partition coefficient (Wildman–Crippen LogP) is 4.08. The molecule has 1 nitrogen and oxygen atoms in total. The molecular formula is C13H29NS. The Morgan fingerprint density at radius 2 is 1.80 bits per heavy atom. The highest BCUT2D eigenvalue weighted by atomic mass is 32.2. The highest BCUT2D eigenvalue weighted by Crippen LogP contribution is 2.10. The van der Waals surface area contributed by atoms with E-state index in [-0.39, 0.29) is 0 Å². The van der Waals surface area contributed by atoms with Crippen LogP contribution in [0.1, 0.15) is 59.3 Å². The Bertz CT molecular complexity index is 117. The molecule has 2 heteroatoms. The van der Waals surface area contributed by atoms with Crippen LogP contribution in [-0.2, 0) is 0 Å². The van der Waals surface area contributed by atoms with Crippen LogP contribution in [-0.4, -0.2) is 24.1 Å².